The number of aryl methyl sites for hydroxylation is 1. The maximum atomic E-state index is 9.53. The molecule has 0 fully saturated rings. The fourth-order valence-corrected chi connectivity index (χ4v) is 1.68. The molecule has 1 aromatic rings. The summed E-state index contributed by atoms with van der Waals surface area (Å²) in [6.07, 6.45) is 4.64. The topological polar surface area (TPSA) is 40.5 Å². The van der Waals surface area contributed by atoms with Gasteiger partial charge < -0.3 is 10.2 Å². The van der Waals surface area contributed by atoms with Crippen LogP contribution in [0.2, 0.25) is 0 Å². The van der Waals surface area contributed by atoms with E-state index in [-0.39, 0.29) is 6.10 Å². The molecule has 0 spiro atoms. The van der Waals surface area contributed by atoms with Gasteiger partial charge in [0.05, 0.1) is 6.10 Å². The van der Waals surface area contributed by atoms with Crippen LogP contribution in [0.5, 0.6) is 5.75 Å². The van der Waals surface area contributed by atoms with Crippen molar-refractivity contribution in [3.8, 4) is 5.75 Å². The molecule has 0 aromatic heterocycles. The monoisotopic (exact) mass is 208 g/mol. The largest absolute Gasteiger partial charge is 0.508 e. The van der Waals surface area contributed by atoms with E-state index in [2.05, 4.69) is 6.92 Å². The summed E-state index contributed by atoms with van der Waals surface area (Å²) < 4.78 is 0. The second-order valence-electron chi connectivity index (χ2n) is 4.00. The third-order valence-electron chi connectivity index (χ3n) is 2.56. The second-order valence-corrected chi connectivity index (χ2v) is 4.00. The third kappa shape index (κ3) is 4.84. The number of benzene rings is 1. The van der Waals surface area contributed by atoms with E-state index in [1.165, 1.54) is 5.56 Å². The molecular formula is C13H20O2. The predicted octanol–water partition coefficient (Wildman–Crippen LogP) is 2.88. The Hall–Kier alpha value is -1.02. The van der Waals surface area contributed by atoms with Gasteiger partial charge in [0, 0.05) is 0 Å². The Kier molecular flexibility index (Phi) is 5.19. The number of hydrogen-bond acceptors (Lipinski definition) is 2. The van der Waals surface area contributed by atoms with Gasteiger partial charge >= 0.3 is 0 Å². The van der Waals surface area contributed by atoms with Crippen molar-refractivity contribution in [2.24, 2.45) is 0 Å². The number of rotatable bonds is 6. The van der Waals surface area contributed by atoms with Gasteiger partial charge in [-0.3, -0.25) is 0 Å². The first-order valence-electron chi connectivity index (χ1n) is 5.68. The minimum atomic E-state index is -0.146. The van der Waals surface area contributed by atoms with E-state index in [0.717, 1.165) is 32.1 Å². The van der Waals surface area contributed by atoms with E-state index in [4.69, 9.17) is 5.11 Å². The van der Waals surface area contributed by atoms with Crippen LogP contribution in [0.1, 0.15) is 38.2 Å². The van der Waals surface area contributed by atoms with Crippen molar-refractivity contribution in [3.63, 3.8) is 0 Å². The molecule has 0 bridgehead atoms. The van der Waals surface area contributed by atoms with Crippen molar-refractivity contribution < 1.29 is 10.2 Å². The van der Waals surface area contributed by atoms with E-state index in [1.54, 1.807) is 12.1 Å². The first-order valence-corrected chi connectivity index (χ1v) is 5.68. The maximum absolute atomic E-state index is 9.53. The van der Waals surface area contributed by atoms with E-state index >= 15 is 0 Å². The Morgan fingerprint density at radius 3 is 2.40 bits per heavy atom. The highest BCUT2D eigenvalue weighted by Gasteiger charge is 2.02. The molecule has 15 heavy (non-hydrogen) atoms. The van der Waals surface area contributed by atoms with Crippen molar-refractivity contribution in [3.05, 3.63) is 29.8 Å². The normalized spacial score (nSPS) is 12.7. The average molecular weight is 208 g/mol. The molecule has 0 radical (unpaired) electrons. The van der Waals surface area contributed by atoms with Gasteiger partial charge in [0.15, 0.2) is 0 Å². The highest BCUT2D eigenvalue weighted by Crippen LogP contribution is 2.13. The molecule has 0 heterocycles. The zero-order chi connectivity index (χ0) is 11.1. The van der Waals surface area contributed by atoms with Crippen LogP contribution in [0.25, 0.3) is 0 Å². The lowest BCUT2D eigenvalue weighted by molar-refractivity contribution is 0.151. The number of aromatic hydroxyl groups is 1. The molecule has 2 N–H and O–H groups in total. The van der Waals surface area contributed by atoms with Crippen LogP contribution in [-0.4, -0.2) is 16.3 Å². The molecule has 1 rings (SSSR count). The summed E-state index contributed by atoms with van der Waals surface area (Å²) in [5.74, 6) is 0.310. The fourth-order valence-electron chi connectivity index (χ4n) is 1.68. The van der Waals surface area contributed by atoms with Crippen LogP contribution in [0.15, 0.2) is 24.3 Å². The number of phenolic OH excluding ortho intramolecular Hbond substituents is 1. The summed E-state index contributed by atoms with van der Waals surface area (Å²) in [5, 5.41) is 18.6. The van der Waals surface area contributed by atoms with Gasteiger partial charge in [-0.25, -0.2) is 0 Å². The van der Waals surface area contributed by atoms with Crippen molar-refractivity contribution >= 4 is 0 Å². The van der Waals surface area contributed by atoms with Gasteiger partial charge in [0.1, 0.15) is 5.75 Å². The first-order chi connectivity index (χ1) is 7.22. The molecule has 0 saturated carbocycles. The molecule has 1 atom stereocenters. The molecule has 0 aliphatic heterocycles. The molecule has 0 aliphatic rings. The summed E-state index contributed by atoms with van der Waals surface area (Å²) in [7, 11) is 0. The van der Waals surface area contributed by atoms with Crippen LogP contribution < -0.4 is 0 Å². The number of hydrogen-bond donors (Lipinski definition) is 2. The lowest BCUT2D eigenvalue weighted by atomic mass is 10.0. The van der Waals surface area contributed by atoms with Crippen LogP contribution >= 0.6 is 0 Å². The van der Waals surface area contributed by atoms with E-state index in [9.17, 15) is 5.11 Å². The van der Waals surface area contributed by atoms with E-state index in [0.29, 0.717) is 5.75 Å². The Morgan fingerprint density at radius 1 is 1.13 bits per heavy atom. The lowest BCUT2D eigenvalue weighted by Crippen LogP contribution is -2.05. The Labute approximate surface area is 91.6 Å². The highest BCUT2D eigenvalue weighted by molar-refractivity contribution is 5.25. The van der Waals surface area contributed by atoms with Crippen molar-refractivity contribution in [1.29, 1.82) is 0 Å². The molecule has 0 aliphatic carbocycles. The standard InChI is InChI=1S/C13H20O2/c1-2-4-12(14)6-3-5-11-7-9-13(15)10-8-11/h7-10,12,14-15H,2-6H2,1H3. The summed E-state index contributed by atoms with van der Waals surface area (Å²) >= 11 is 0. The van der Waals surface area contributed by atoms with Gasteiger partial charge in [-0.15, -0.1) is 0 Å². The minimum absolute atomic E-state index is 0.146. The molecule has 1 unspecified atom stereocenters. The Balaban J connectivity index is 2.22. The third-order valence-corrected chi connectivity index (χ3v) is 2.56. The second kappa shape index (κ2) is 6.46. The van der Waals surface area contributed by atoms with Crippen molar-refractivity contribution in [2.75, 3.05) is 0 Å². The van der Waals surface area contributed by atoms with Gasteiger partial charge in [-0.1, -0.05) is 25.5 Å². The van der Waals surface area contributed by atoms with Crippen LogP contribution in [0.4, 0.5) is 0 Å². The quantitative estimate of drug-likeness (QED) is 0.754. The Morgan fingerprint density at radius 2 is 1.80 bits per heavy atom. The predicted molar refractivity (Wildman–Crippen MR) is 62.0 cm³/mol. The molecule has 2 nitrogen and oxygen atoms in total. The smallest absolute Gasteiger partial charge is 0.115 e. The summed E-state index contributed by atoms with van der Waals surface area (Å²) in [6, 6.07) is 7.28. The number of aliphatic hydroxyl groups is 1. The number of phenols is 1. The van der Waals surface area contributed by atoms with Gasteiger partial charge in [-0.2, -0.15) is 0 Å². The molecule has 84 valence electrons. The van der Waals surface area contributed by atoms with Crippen LogP contribution in [-0.2, 0) is 6.42 Å². The average Bonchev–Trinajstić information content (AvgIpc) is 2.21. The molecule has 1 aromatic carbocycles. The molecule has 0 amide bonds. The van der Waals surface area contributed by atoms with Crippen LogP contribution in [0.3, 0.4) is 0 Å². The minimum Gasteiger partial charge on any atom is -0.508 e. The summed E-state index contributed by atoms with van der Waals surface area (Å²) in [4.78, 5) is 0. The van der Waals surface area contributed by atoms with E-state index < -0.39 is 0 Å². The van der Waals surface area contributed by atoms with Gasteiger partial charge in [0.25, 0.3) is 0 Å². The fraction of sp³-hybridized carbons (Fsp3) is 0.538. The highest BCUT2D eigenvalue weighted by atomic mass is 16.3. The van der Waals surface area contributed by atoms with Crippen molar-refractivity contribution in [1.82, 2.24) is 0 Å². The van der Waals surface area contributed by atoms with Crippen molar-refractivity contribution in [2.45, 2.75) is 45.1 Å². The summed E-state index contributed by atoms with van der Waals surface area (Å²) in [6.45, 7) is 2.09. The van der Waals surface area contributed by atoms with Gasteiger partial charge in [-0.05, 0) is 43.4 Å². The molecular weight excluding hydrogens is 188 g/mol. The zero-order valence-corrected chi connectivity index (χ0v) is 9.32. The lowest BCUT2D eigenvalue weighted by Gasteiger charge is -2.08. The zero-order valence-electron chi connectivity index (χ0n) is 9.32. The maximum Gasteiger partial charge on any atom is 0.115 e. The first kappa shape index (κ1) is 12.1. The SMILES string of the molecule is CCCC(O)CCCc1ccc(O)cc1. The Bertz CT molecular complexity index is 266. The summed E-state index contributed by atoms with van der Waals surface area (Å²) in [5.41, 5.74) is 1.22. The molecule has 2 heteroatoms. The van der Waals surface area contributed by atoms with E-state index in [1.807, 2.05) is 12.1 Å². The van der Waals surface area contributed by atoms with Crippen LogP contribution in [0, 0.1) is 0 Å². The van der Waals surface area contributed by atoms with Gasteiger partial charge in [0.2, 0.25) is 0 Å². The number of aliphatic hydroxyl groups excluding tert-OH is 1. The molecule has 0 saturated heterocycles.